The van der Waals surface area contributed by atoms with Crippen molar-refractivity contribution in [2.45, 2.75) is 12.6 Å². The molecular formula is C11H12F4N2O. The van der Waals surface area contributed by atoms with Gasteiger partial charge < -0.3 is 10.6 Å². The van der Waals surface area contributed by atoms with Crippen LogP contribution in [0.25, 0.3) is 0 Å². The van der Waals surface area contributed by atoms with Gasteiger partial charge in [0.2, 0.25) is 5.91 Å². The number of halogens is 4. The molecule has 0 aliphatic heterocycles. The highest BCUT2D eigenvalue weighted by Crippen LogP contribution is 2.31. The van der Waals surface area contributed by atoms with Gasteiger partial charge in [0.15, 0.2) is 0 Å². The SMILES string of the molecule is CNCCC(=O)Nc1cc(C(F)(F)F)ccc1F. The lowest BCUT2D eigenvalue weighted by Crippen LogP contribution is -2.19. The van der Waals surface area contributed by atoms with Crippen molar-refractivity contribution < 1.29 is 22.4 Å². The van der Waals surface area contributed by atoms with Gasteiger partial charge in [0.25, 0.3) is 0 Å². The molecule has 0 saturated heterocycles. The maximum atomic E-state index is 13.2. The molecule has 18 heavy (non-hydrogen) atoms. The number of nitrogens with one attached hydrogen (secondary N) is 2. The van der Waals surface area contributed by atoms with Crippen molar-refractivity contribution in [1.82, 2.24) is 5.32 Å². The maximum Gasteiger partial charge on any atom is 0.416 e. The highest BCUT2D eigenvalue weighted by Gasteiger charge is 2.31. The normalized spacial score (nSPS) is 11.4. The van der Waals surface area contributed by atoms with Crippen LogP contribution in [0.5, 0.6) is 0 Å². The first-order valence-electron chi connectivity index (χ1n) is 5.16. The lowest BCUT2D eigenvalue weighted by Gasteiger charge is -2.10. The second kappa shape index (κ2) is 5.81. The smallest absolute Gasteiger partial charge is 0.324 e. The Bertz CT molecular complexity index is 432. The van der Waals surface area contributed by atoms with E-state index in [9.17, 15) is 22.4 Å². The Morgan fingerprint density at radius 2 is 2.00 bits per heavy atom. The van der Waals surface area contributed by atoms with E-state index >= 15 is 0 Å². The molecule has 3 nitrogen and oxygen atoms in total. The second-order valence-corrected chi connectivity index (χ2v) is 3.59. The van der Waals surface area contributed by atoms with Crippen molar-refractivity contribution in [1.29, 1.82) is 0 Å². The van der Waals surface area contributed by atoms with Crippen molar-refractivity contribution in [2.24, 2.45) is 0 Å². The maximum absolute atomic E-state index is 13.2. The number of alkyl halides is 3. The number of hydrogen-bond donors (Lipinski definition) is 2. The summed E-state index contributed by atoms with van der Waals surface area (Å²) in [6.07, 6.45) is -4.52. The summed E-state index contributed by atoms with van der Waals surface area (Å²) in [5.74, 6) is -1.46. The minimum absolute atomic E-state index is 0.0478. The van der Waals surface area contributed by atoms with E-state index in [1.165, 1.54) is 0 Å². The topological polar surface area (TPSA) is 41.1 Å². The summed E-state index contributed by atoms with van der Waals surface area (Å²) in [7, 11) is 1.62. The Morgan fingerprint density at radius 1 is 1.33 bits per heavy atom. The van der Waals surface area contributed by atoms with Crippen molar-refractivity contribution in [3.8, 4) is 0 Å². The molecule has 0 atom stereocenters. The minimum Gasteiger partial charge on any atom is -0.324 e. The van der Waals surface area contributed by atoms with Crippen LogP contribution in [0.1, 0.15) is 12.0 Å². The van der Waals surface area contributed by atoms with Crippen LogP contribution in [0.2, 0.25) is 0 Å². The predicted molar refractivity (Wildman–Crippen MR) is 58.6 cm³/mol. The second-order valence-electron chi connectivity index (χ2n) is 3.59. The first-order chi connectivity index (χ1) is 8.34. The van der Waals surface area contributed by atoms with E-state index in [4.69, 9.17) is 0 Å². The van der Waals surface area contributed by atoms with Crippen LogP contribution >= 0.6 is 0 Å². The molecule has 0 saturated carbocycles. The Balaban J connectivity index is 2.85. The Hall–Kier alpha value is -1.63. The van der Waals surface area contributed by atoms with E-state index in [-0.39, 0.29) is 6.42 Å². The number of carbonyl (C=O) groups excluding carboxylic acids is 1. The van der Waals surface area contributed by atoms with E-state index in [1.807, 2.05) is 0 Å². The molecule has 2 N–H and O–H groups in total. The van der Waals surface area contributed by atoms with E-state index in [0.29, 0.717) is 24.7 Å². The fraction of sp³-hybridized carbons (Fsp3) is 0.364. The Morgan fingerprint density at radius 3 is 2.56 bits per heavy atom. The molecule has 1 amide bonds. The molecule has 1 aromatic carbocycles. The van der Waals surface area contributed by atoms with Gasteiger partial charge in [0.05, 0.1) is 11.3 Å². The molecular weight excluding hydrogens is 252 g/mol. The number of carbonyl (C=O) groups is 1. The van der Waals surface area contributed by atoms with Gasteiger partial charge in [-0.25, -0.2) is 4.39 Å². The fourth-order valence-electron chi connectivity index (χ4n) is 1.25. The molecule has 0 spiro atoms. The highest BCUT2D eigenvalue weighted by atomic mass is 19.4. The van der Waals surface area contributed by atoms with E-state index in [2.05, 4.69) is 10.6 Å². The first kappa shape index (κ1) is 14.4. The van der Waals surface area contributed by atoms with Crippen molar-refractivity contribution in [3.05, 3.63) is 29.6 Å². The molecule has 100 valence electrons. The van der Waals surface area contributed by atoms with Crippen molar-refractivity contribution in [3.63, 3.8) is 0 Å². The average molecular weight is 264 g/mol. The van der Waals surface area contributed by atoms with Crippen LogP contribution in [0, 0.1) is 5.82 Å². The minimum atomic E-state index is -4.57. The van der Waals surface area contributed by atoms with E-state index < -0.39 is 29.2 Å². The van der Waals surface area contributed by atoms with Crippen molar-refractivity contribution >= 4 is 11.6 Å². The zero-order chi connectivity index (χ0) is 13.8. The molecule has 0 fully saturated rings. The lowest BCUT2D eigenvalue weighted by molar-refractivity contribution is -0.137. The van der Waals surface area contributed by atoms with Gasteiger partial charge in [0, 0.05) is 13.0 Å². The van der Waals surface area contributed by atoms with Crippen LogP contribution in [0.3, 0.4) is 0 Å². The summed E-state index contributed by atoms with van der Waals surface area (Å²) in [5, 5.41) is 4.80. The van der Waals surface area contributed by atoms with Gasteiger partial charge in [-0.15, -0.1) is 0 Å². The van der Waals surface area contributed by atoms with Gasteiger partial charge in [0.1, 0.15) is 5.82 Å². The molecule has 0 bridgehead atoms. The van der Waals surface area contributed by atoms with Gasteiger partial charge in [-0.05, 0) is 25.2 Å². The summed E-state index contributed by atoms with van der Waals surface area (Å²) in [6, 6.07) is 1.88. The third-order valence-electron chi connectivity index (χ3n) is 2.17. The zero-order valence-corrected chi connectivity index (χ0v) is 9.57. The lowest BCUT2D eigenvalue weighted by atomic mass is 10.2. The number of rotatable bonds is 4. The van der Waals surface area contributed by atoms with Crippen LogP contribution in [-0.2, 0) is 11.0 Å². The van der Waals surface area contributed by atoms with Gasteiger partial charge in [-0.1, -0.05) is 0 Å². The van der Waals surface area contributed by atoms with Gasteiger partial charge in [-0.3, -0.25) is 4.79 Å². The fourth-order valence-corrected chi connectivity index (χ4v) is 1.25. The van der Waals surface area contributed by atoms with Gasteiger partial charge in [-0.2, -0.15) is 13.2 Å². The summed E-state index contributed by atoms with van der Waals surface area (Å²) < 4.78 is 50.4. The Kier molecular flexibility index (Phi) is 4.66. The third kappa shape index (κ3) is 3.99. The molecule has 0 heterocycles. The van der Waals surface area contributed by atoms with E-state index in [1.54, 1.807) is 7.05 Å². The first-order valence-corrected chi connectivity index (χ1v) is 5.16. The molecule has 0 aliphatic carbocycles. The highest BCUT2D eigenvalue weighted by molar-refractivity contribution is 5.91. The third-order valence-corrected chi connectivity index (χ3v) is 2.17. The quantitative estimate of drug-likeness (QED) is 0.820. The van der Waals surface area contributed by atoms with Crippen LogP contribution in [0.4, 0.5) is 23.2 Å². The summed E-state index contributed by atoms with van der Waals surface area (Å²) in [4.78, 5) is 11.3. The largest absolute Gasteiger partial charge is 0.416 e. The summed E-state index contributed by atoms with van der Waals surface area (Å²) >= 11 is 0. The van der Waals surface area contributed by atoms with Crippen molar-refractivity contribution in [2.75, 3.05) is 18.9 Å². The predicted octanol–water partition coefficient (Wildman–Crippen LogP) is 2.39. The van der Waals surface area contributed by atoms with Crippen LogP contribution in [-0.4, -0.2) is 19.5 Å². The summed E-state index contributed by atoms with van der Waals surface area (Å²) in [6.45, 7) is 0.354. The number of benzene rings is 1. The number of anilines is 1. The average Bonchev–Trinajstić information content (AvgIpc) is 2.28. The molecule has 1 rings (SSSR count). The monoisotopic (exact) mass is 264 g/mol. The molecule has 0 radical (unpaired) electrons. The van der Waals surface area contributed by atoms with Crippen LogP contribution in [0.15, 0.2) is 18.2 Å². The summed E-state index contributed by atoms with van der Waals surface area (Å²) in [5.41, 5.74) is -1.47. The molecule has 0 unspecified atom stereocenters. The van der Waals surface area contributed by atoms with Gasteiger partial charge >= 0.3 is 6.18 Å². The molecule has 0 aliphatic rings. The zero-order valence-electron chi connectivity index (χ0n) is 9.57. The van der Waals surface area contributed by atoms with Crippen LogP contribution < -0.4 is 10.6 Å². The molecule has 7 heteroatoms. The molecule has 0 aromatic heterocycles. The standard InChI is InChI=1S/C11H12F4N2O/c1-16-5-4-10(18)17-9-6-7(11(13,14)15)2-3-8(9)12/h2-3,6,16H,4-5H2,1H3,(H,17,18). The molecule has 1 aromatic rings. The number of hydrogen-bond acceptors (Lipinski definition) is 2. The van der Waals surface area contributed by atoms with E-state index in [0.717, 1.165) is 0 Å². The number of amides is 1. The Labute approximate surface area is 101 Å².